The minimum Gasteiger partial charge on any atom is -0.491 e. The molecule has 0 saturated carbocycles. The first kappa shape index (κ1) is 16.5. The number of pyridine rings is 1. The van der Waals surface area contributed by atoms with Gasteiger partial charge in [-0.2, -0.15) is 0 Å². The van der Waals surface area contributed by atoms with Gasteiger partial charge in [0.2, 0.25) is 5.91 Å². The third-order valence-corrected chi connectivity index (χ3v) is 3.66. The van der Waals surface area contributed by atoms with Gasteiger partial charge in [-0.3, -0.25) is 9.78 Å². The summed E-state index contributed by atoms with van der Waals surface area (Å²) in [6.07, 6.45) is 3.16. The minimum atomic E-state index is -0.249. The van der Waals surface area contributed by atoms with E-state index in [1.807, 2.05) is 0 Å². The summed E-state index contributed by atoms with van der Waals surface area (Å²) >= 11 is 11.9. The zero-order chi connectivity index (χ0) is 15.9. The molecule has 2 rings (SSSR count). The van der Waals surface area contributed by atoms with Crippen LogP contribution in [0.2, 0.25) is 10.0 Å². The second-order valence-electron chi connectivity index (χ2n) is 4.39. The highest BCUT2D eigenvalue weighted by Crippen LogP contribution is 2.31. The summed E-state index contributed by atoms with van der Waals surface area (Å²) in [6, 6.07) is 6.68. The van der Waals surface area contributed by atoms with Crippen molar-refractivity contribution in [3.63, 3.8) is 0 Å². The predicted molar refractivity (Wildman–Crippen MR) is 85.4 cm³/mol. The van der Waals surface area contributed by atoms with E-state index in [2.05, 4.69) is 10.3 Å². The van der Waals surface area contributed by atoms with E-state index in [9.17, 15) is 9.90 Å². The van der Waals surface area contributed by atoms with Crippen molar-refractivity contribution in [3.8, 4) is 5.75 Å². The van der Waals surface area contributed by atoms with E-state index in [4.69, 9.17) is 27.9 Å². The summed E-state index contributed by atoms with van der Waals surface area (Å²) < 4.78 is 5.44. The summed E-state index contributed by atoms with van der Waals surface area (Å²) in [7, 11) is 0. The van der Waals surface area contributed by atoms with Crippen molar-refractivity contribution in [2.75, 3.05) is 11.9 Å². The van der Waals surface area contributed by atoms with Gasteiger partial charge in [-0.05, 0) is 18.2 Å². The quantitative estimate of drug-likeness (QED) is 0.846. The van der Waals surface area contributed by atoms with Crippen LogP contribution in [0, 0.1) is 0 Å². The van der Waals surface area contributed by atoms with Gasteiger partial charge in [0.05, 0.1) is 36.5 Å². The summed E-state index contributed by atoms with van der Waals surface area (Å²) in [5.74, 6) is 0.181. The van der Waals surface area contributed by atoms with Crippen molar-refractivity contribution in [2.24, 2.45) is 0 Å². The number of anilines is 1. The molecule has 0 spiro atoms. The number of ether oxygens (including phenoxy) is 1. The number of aliphatic hydroxyl groups is 1. The molecule has 1 aromatic carbocycles. The number of benzene rings is 1. The van der Waals surface area contributed by atoms with Crippen molar-refractivity contribution in [1.29, 1.82) is 0 Å². The number of aliphatic hydroxyl groups excluding tert-OH is 1. The van der Waals surface area contributed by atoms with Gasteiger partial charge in [-0.15, -0.1) is 0 Å². The molecule has 22 heavy (non-hydrogen) atoms. The molecular weight excluding hydrogens is 327 g/mol. The number of rotatable bonds is 6. The largest absolute Gasteiger partial charge is 0.491 e. The second kappa shape index (κ2) is 7.98. The zero-order valence-electron chi connectivity index (χ0n) is 11.6. The molecule has 0 atom stereocenters. The van der Waals surface area contributed by atoms with Crippen LogP contribution in [0.4, 0.5) is 5.69 Å². The third kappa shape index (κ3) is 4.34. The number of hydrogen-bond donors (Lipinski definition) is 2. The molecule has 0 unspecified atom stereocenters. The molecule has 0 radical (unpaired) electrons. The van der Waals surface area contributed by atoms with Crippen LogP contribution < -0.4 is 10.1 Å². The fraction of sp³-hybridized carbons (Fsp3) is 0.200. The van der Waals surface area contributed by atoms with Gasteiger partial charge in [-0.25, -0.2) is 0 Å². The lowest BCUT2D eigenvalue weighted by atomic mass is 10.2. The van der Waals surface area contributed by atoms with Crippen LogP contribution in [0.3, 0.4) is 0 Å². The lowest BCUT2D eigenvalue weighted by molar-refractivity contribution is -0.116. The standard InChI is InChI=1S/C15H14Cl2N2O3/c16-11-2-1-3-13(15(11)17)22-7-5-14(21)19-12-8-18-6-4-10(12)9-20/h1-4,6,8,20H,5,7,9H2,(H,19,21). The number of halogens is 2. The maximum absolute atomic E-state index is 11.9. The number of aromatic nitrogens is 1. The molecule has 1 amide bonds. The number of hydrogen-bond acceptors (Lipinski definition) is 4. The Kier molecular flexibility index (Phi) is 6.00. The number of nitrogens with one attached hydrogen (secondary N) is 1. The number of carbonyl (C=O) groups excluding carboxylic acids is 1. The van der Waals surface area contributed by atoms with E-state index in [0.29, 0.717) is 27.0 Å². The van der Waals surface area contributed by atoms with E-state index in [1.54, 1.807) is 30.5 Å². The minimum absolute atomic E-state index is 0.128. The van der Waals surface area contributed by atoms with Crippen LogP contribution in [0.25, 0.3) is 0 Å². The first-order valence-corrected chi connectivity index (χ1v) is 7.28. The number of amides is 1. The Balaban J connectivity index is 1.87. The molecule has 0 saturated heterocycles. The molecule has 0 aliphatic heterocycles. The van der Waals surface area contributed by atoms with Gasteiger partial charge >= 0.3 is 0 Å². The molecule has 2 N–H and O–H groups in total. The van der Waals surface area contributed by atoms with Gasteiger partial charge in [0, 0.05) is 11.8 Å². The van der Waals surface area contributed by atoms with Crippen molar-refractivity contribution >= 4 is 34.8 Å². The van der Waals surface area contributed by atoms with Crippen LogP contribution in [0.5, 0.6) is 5.75 Å². The highest BCUT2D eigenvalue weighted by atomic mass is 35.5. The van der Waals surface area contributed by atoms with Crippen LogP contribution in [0.15, 0.2) is 36.7 Å². The zero-order valence-corrected chi connectivity index (χ0v) is 13.1. The molecule has 0 bridgehead atoms. The molecule has 1 heterocycles. The lowest BCUT2D eigenvalue weighted by Crippen LogP contribution is -2.16. The average molecular weight is 341 g/mol. The summed E-state index contributed by atoms with van der Waals surface area (Å²) in [6.45, 7) is -0.0205. The second-order valence-corrected chi connectivity index (χ2v) is 5.17. The third-order valence-electron chi connectivity index (χ3n) is 2.86. The van der Waals surface area contributed by atoms with E-state index in [-0.39, 0.29) is 25.5 Å². The number of nitrogens with zero attached hydrogens (tertiary/aromatic N) is 1. The monoisotopic (exact) mass is 340 g/mol. The smallest absolute Gasteiger partial charge is 0.227 e. The van der Waals surface area contributed by atoms with Crippen molar-refractivity contribution < 1.29 is 14.6 Å². The lowest BCUT2D eigenvalue weighted by Gasteiger charge is -2.10. The fourth-order valence-electron chi connectivity index (χ4n) is 1.74. The Morgan fingerprint density at radius 2 is 2.14 bits per heavy atom. The van der Waals surface area contributed by atoms with Crippen molar-refractivity contribution in [3.05, 3.63) is 52.3 Å². The van der Waals surface area contributed by atoms with Crippen LogP contribution in [-0.4, -0.2) is 22.6 Å². The molecule has 7 heteroatoms. The number of carbonyl (C=O) groups is 1. The van der Waals surface area contributed by atoms with Gasteiger partial charge in [0.25, 0.3) is 0 Å². The van der Waals surface area contributed by atoms with Crippen LogP contribution in [0.1, 0.15) is 12.0 Å². The van der Waals surface area contributed by atoms with E-state index >= 15 is 0 Å². The average Bonchev–Trinajstić information content (AvgIpc) is 2.52. The van der Waals surface area contributed by atoms with E-state index in [1.165, 1.54) is 6.20 Å². The maximum atomic E-state index is 11.9. The Hall–Kier alpha value is -1.82. The van der Waals surface area contributed by atoms with Crippen molar-refractivity contribution in [1.82, 2.24) is 4.98 Å². The predicted octanol–water partition coefficient (Wildman–Crippen LogP) is 3.29. The molecule has 2 aromatic rings. The molecular formula is C15H14Cl2N2O3. The summed E-state index contributed by atoms with van der Waals surface area (Å²) in [4.78, 5) is 15.8. The van der Waals surface area contributed by atoms with Gasteiger partial charge in [0.15, 0.2) is 0 Å². The SMILES string of the molecule is O=C(CCOc1cccc(Cl)c1Cl)Nc1cnccc1CO. The van der Waals surface area contributed by atoms with Gasteiger partial charge in [-0.1, -0.05) is 29.3 Å². The highest BCUT2D eigenvalue weighted by molar-refractivity contribution is 6.42. The first-order chi connectivity index (χ1) is 10.6. The molecule has 116 valence electrons. The summed E-state index contributed by atoms with van der Waals surface area (Å²) in [5, 5.41) is 12.6. The van der Waals surface area contributed by atoms with Crippen LogP contribution >= 0.6 is 23.2 Å². The molecule has 0 aliphatic rings. The highest BCUT2D eigenvalue weighted by Gasteiger charge is 2.09. The van der Waals surface area contributed by atoms with E-state index in [0.717, 1.165) is 0 Å². The Morgan fingerprint density at radius 3 is 2.91 bits per heavy atom. The normalized spacial score (nSPS) is 10.3. The van der Waals surface area contributed by atoms with Gasteiger partial charge < -0.3 is 15.2 Å². The summed E-state index contributed by atoms with van der Waals surface area (Å²) in [5.41, 5.74) is 1.08. The van der Waals surface area contributed by atoms with E-state index < -0.39 is 0 Å². The molecule has 1 aromatic heterocycles. The molecule has 5 nitrogen and oxygen atoms in total. The van der Waals surface area contributed by atoms with Crippen molar-refractivity contribution in [2.45, 2.75) is 13.0 Å². The Morgan fingerprint density at radius 1 is 1.32 bits per heavy atom. The molecule has 0 fully saturated rings. The Labute approximate surface area is 137 Å². The fourth-order valence-corrected chi connectivity index (χ4v) is 2.08. The molecule has 0 aliphatic carbocycles. The maximum Gasteiger partial charge on any atom is 0.227 e. The topological polar surface area (TPSA) is 71.5 Å². The van der Waals surface area contributed by atoms with Crippen LogP contribution in [-0.2, 0) is 11.4 Å². The Bertz CT molecular complexity index is 665. The van der Waals surface area contributed by atoms with Gasteiger partial charge in [0.1, 0.15) is 10.8 Å². The first-order valence-electron chi connectivity index (χ1n) is 6.52.